The Hall–Kier alpha value is -1.60. The quantitative estimate of drug-likeness (QED) is 0.800. The molecule has 2 rings (SSSR count). The van der Waals surface area contributed by atoms with E-state index in [1.165, 1.54) is 0 Å². The van der Waals surface area contributed by atoms with E-state index in [0.29, 0.717) is 24.5 Å². The number of hydrogen-bond donors (Lipinski definition) is 2. The van der Waals surface area contributed by atoms with Crippen LogP contribution in [0.25, 0.3) is 0 Å². The molecule has 3 N–H and O–H groups in total. The summed E-state index contributed by atoms with van der Waals surface area (Å²) in [5.74, 6) is 0.736. The van der Waals surface area contributed by atoms with Crippen LogP contribution in [-0.4, -0.2) is 61.1 Å². The van der Waals surface area contributed by atoms with E-state index in [1.54, 1.807) is 16.7 Å². The summed E-state index contributed by atoms with van der Waals surface area (Å²) in [7, 11) is 0. The lowest BCUT2D eigenvalue weighted by atomic mass is 10.1. The summed E-state index contributed by atoms with van der Waals surface area (Å²) in [5, 5.41) is 3.28. The Morgan fingerprint density at radius 2 is 1.88 bits per heavy atom. The molecule has 1 aromatic rings. The number of nitrogens with one attached hydrogen (secondary N) is 1. The summed E-state index contributed by atoms with van der Waals surface area (Å²) in [4.78, 5) is 27.8. The Morgan fingerprint density at radius 1 is 1.25 bits per heavy atom. The van der Waals surface area contributed by atoms with Crippen LogP contribution in [-0.2, 0) is 4.79 Å². The number of carbonyl (C=O) groups excluding carboxylic acids is 2. The molecule has 8 heteroatoms. The number of benzene rings is 1. The second-order valence-electron chi connectivity index (χ2n) is 5.63. The van der Waals surface area contributed by atoms with E-state index in [9.17, 15) is 9.59 Å². The average Bonchev–Trinajstić information content (AvgIpc) is 2.58. The predicted molar refractivity (Wildman–Crippen MR) is 99.8 cm³/mol. The van der Waals surface area contributed by atoms with Gasteiger partial charge in [-0.1, -0.05) is 11.6 Å². The Bertz CT molecular complexity index is 562. The molecule has 3 amide bonds. The van der Waals surface area contributed by atoms with Crippen LogP contribution >= 0.6 is 23.4 Å². The van der Waals surface area contributed by atoms with Gasteiger partial charge in [0, 0.05) is 36.9 Å². The zero-order valence-electron chi connectivity index (χ0n) is 13.7. The number of anilines is 1. The average molecular weight is 371 g/mol. The van der Waals surface area contributed by atoms with Crippen molar-refractivity contribution in [2.75, 3.05) is 43.1 Å². The van der Waals surface area contributed by atoms with Crippen molar-refractivity contribution in [2.45, 2.75) is 12.5 Å². The lowest BCUT2D eigenvalue weighted by Gasteiger charge is -2.37. The summed E-state index contributed by atoms with van der Waals surface area (Å²) in [5.41, 5.74) is 6.29. The zero-order valence-corrected chi connectivity index (χ0v) is 15.3. The number of amides is 3. The highest BCUT2D eigenvalue weighted by Crippen LogP contribution is 2.19. The van der Waals surface area contributed by atoms with Gasteiger partial charge in [0.05, 0.1) is 0 Å². The molecule has 1 saturated heterocycles. The third-order valence-corrected chi connectivity index (χ3v) is 4.90. The third-order valence-electron chi connectivity index (χ3n) is 4.01. The van der Waals surface area contributed by atoms with Gasteiger partial charge < -0.3 is 20.9 Å². The number of rotatable bonds is 6. The Balaban J connectivity index is 1.92. The Kier molecular flexibility index (Phi) is 7.05. The van der Waals surface area contributed by atoms with Crippen molar-refractivity contribution in [2.24, 2.45) is 5.73 Å². The normalized spacial score (nSPS) is 15.9. The first kappa shape index (κ1) is 18.7. The number of urea groups is 1. The number of primary amides is 1. The molecule has 1 aromatic carbocycles. The topological polar surface area (TPSA) is 78.7 Å². The van der Waals surface area contributed by atoms with Gasteiger partial charge in [0.15, 0.2) is 0 Å². The minimum absolute atomic E-state index is 0.0568. The number of nitrogens with zero attached hydrogens (tertiary/aromatic N) is 2. The first-order valence-corrected chi connectivity index (χ1v) is 9.62. The number of nitrogens with two attached hydrogens (primary N) is 1. The van der Waals surface area contributed by atoms with Crippen LogP contribution in [0.4, 0.5) is 10.5 Å². The number of carbonyl (C=O) groups is 2. The molecular formula is C16H23ClN4O2S. The first-order chi connectivity index (χ1) is 11.5. The molecule has 0 bridgehead atoms. The maximum absolute atomic E-state index is 12.6. The van der Waals surface area contributed by atoms with Crippen LogP contribution in [0.5, 0.6) is 0 Å². The van der Waals surface area contributed by atoms with Crippen LogP contribution in [0.3, 0.4) is 0 Å². The smallest absolute Gasteiger partial charge is 0.312 e. The molecule has 1 fully saturated rings. The molecule has 1 atom stereocenters. The van der Waals surface area contributed by atoms with Crippen molar-refractivity contribution in [3.8, 4) is 0 Å². The van der Waals surface area contributed by atoms with Gasteiger partial charge >= 0.3 is 6.03 Å². The van der Waals surface area contributed by atoms with Crippen LogP contribution in [0.2, 0.25) is 5.02 Å². The Morgan fingerprint density at radius 3 is 2.42 bits per heavy atom. The second-order valence-corrected chi connectivity index (χ2v) is 7.05. The number of thioether (sulfide) groups is 1. The van der Waals surface area contributed by atoms with Crippen LogP contribution in [0.1, 0.15) is 6.42 Å². The fourth-order valence-electron chi connectivity index (χ4n) is 2.72. The summed E-state index contributed by atoms with van der Waals surface area (Å²) >= 11 is 7.55. The Labute approximate surface area is 151 Å². The van der Waals surface area contributed by atoms with Crippen molar-refractivity contribution in [1.29, 1.82) is 0 Å². The van der Waals surface area contributed by atoms with Crippen molar-refractivity contribution >= 4 is 41.0 Å². The van der Waals surface area contributed by atoms with E-state index < -0.39 is 12.1 Å². The molecule has 24 heavy (non-hydrogen) atoms. The van der Waals surface area contributed by atoms with Gasteiger partial charge in [-0.15, -0.1) is 0 Å². The summed E-state index contributed by atoms with van der Waals surface area (Å²) in [6, 6.07) is 6.49. The lowest BCUT2D eigenvalue weighted by Crippen LogP contribution is -2.55. The SMILES string of the molecule is CSCCC(NC(N)=O)C(=O)N1CCN(c2ccc(Cl)cc2)CC1. The van der Waals surface area contributed by atoms with Gasteiger partial charge in [-0.25, -0.2) is 4.79 Å². The molecule has 6 nitrogen and oxygen atoms in total. The number of halogens is 1. The molecule has 0 aromatic heterocycles. The van der Waals surface area contributed by atoms with Crippen LogP contribution in [0.15, 0.2) is 24.3 Å². The standard InChI is InChI=1S/C16H23ClN4O2S/c1-24-11-6-14(19-16(18)23)15(22)21-9-7-20(8-10-21)13-4-2-12(17)3-5-13/h2-5,14H,6-11H2,1H3,(H3,18,19,23). The van der Waals surface area contributed by atoms with E-state index >= 15 is 0 Å². The molecular weight excluding hydrogens is 348 g/mol. The highest BCUT2D eigenvalue weighted by atomic mass is 35.5. The van der Waals surface area contributed by atoms with Gasteiger partial charge in [-0.2, -0.15) is 11.8 Å². The number of piperazine rings is 1. The van der Waals surface area contributed by atoms with E-state index in [2.05, 4.69) is 10.2 Å². The largest absolute Gasteiger partial charge is 0.368 e. The van der Waals surface area contributed by atoms with Gasteiger partial charge in [-0.3, -0.25) is 4.79 Å². The molecule has 132 valence electrons. The van der Waals surface area contributed by atoms with E-state index in [0.717, 1.165) is 24.5 Å². The fraction of sp³-hybridized carbons (Fsp3) is 0.500. The molecule has 0 saturated carbocycles. The zero-order chi connectivity index (χ0) is 17.5. The fourth-order valence-corrected chi connectivity index (χ4v) is 3.32. The predicted octanol–water partition coefficient (Wildman–Crippen LogP) is 1.78. The van der Waals surface area contributed by atoms with E-state index in [4.69, 9.17) is 17.3 Å². The number of hydrogen-bond acceptors (Lipinski definition) is 4. The van der Waals surface area contributed by atoms with Crippen LogP contribution < -0.4 is 16.0 Å². The molecule has 1 aliphatic heterocycles. The van der Waals surface area contributed by atoms with Gasteiger partial charge in [0.1, 0.15) is 6.04 Å². The maximum atomic E-state index is 12.6. The minimum Gasteiger partial charge on any atom is -0.368 e. The van der Waals surface area contributed by atoms with Crippen molar-refractivity contribution < 1.29 is 9.59 Å². The maximum Gasteiger partial charge on any atom is 0.312 e. The minimum atomic E-state index is -0.658. The monoisotopic (exact) mass is 370 g/mol. The molecule has 0 aliphatic carbocycles. The van der Waals surface area contributed by atoms with Gasteiger partial charge in [0.2, 0.25) is 5.91 Å². The van der Waals surface area contributed by atoms with Gasteiger partial charge in [-0.05, 0) is 42.7 Å². The molecule has 0 spiro atoms. The first-order valence-electron chi connectivity index (χ1n) is 7.85. The van der Waals surface area contributed by atoms with Crippen molar-refractivity contribution in [3.63, 3.8) is 0 Å². The van der Waals surface area contributed by atoms with E-state index in [1.807, 2.05) is 30.5 Å². The van der Waals surface area contributed by atoms with Crippen LogP contribution in [0, 0.1) is 0 Å². The molecule has 1 heterocycles. The summed E-state index contributed by atoms with van der Waals surface area (Å²) in [6.45, 7) is 2.74. The molecule has 1 aliphatic rings. The highest BCUT2D eigenvalue weighted by molar-refractivity contribution is 7.98. The molecule has 1 unspecified atom stereocenters. The van der Waals surface area contributed by atoms with Crippen molar-refractivity contribution in [3.05, 3.63) is 29.3 Å². The van der Waals surface area contributed by atoms with Crippen molar-refractivity contribution in [1.82, 2.24) is 10.2 Å². The summed E-state index contributed by atoms with van der Waals surface area (Å²) < 4.78 is 0. The molecule has 0 radical (unpaired) electrons. The van der Waals surface area contributed by atoms with Gasteiger partial charge in [0.25, 0.3) is 0 Å². The highest BCUT2D eigenvalue weighted by Gasteiger charge is 2.28. The van der Waals surface area contributed by atoms with E-state index in [-0.39, 0.29) is 5.91 Å². The lowest BCUT2D eigenvalue weighted by molar-refractivity contribution is -0.133. The second kappa shape index (κ2) is 9.03. The third kappa shape index (κ3) is 5.21. The summed E-state index contributed by atoms with van der Waals surface area (Å²) in [6.07, 6.45) is 2.55.